The quantitative estimate of drug-likeness (QED) is 0.542. The van der Waals surface area contributed by atoms with Crippen molar-refractivity contribution in [3.8, 4) is 0 Å². The van der Waals surface area contributed by atoms with E-state index in [0.29, 0.717) is 12.2 Å². The van der Waals surface area contributed by atoms with Crippen molar-refractivity contribution in [1.29, 1.82) is 0 Å². The number of aromatic nitrogens is 2. The molecule has 5 N–H and O–H groups in total. The van der Waals surface area contributed by atoms with Crippen molar-refractivity contribution < 1.29 is 19.4 Å². The Bertz CT molecular complexity index is 615. The summed E-state index contributed by atoms with van der Waals surface area (Å²) in [5.41, 5.74) is 5.96. The number of hydrogen-bond donors (Lipinski definition) is 4. The second-order valence-electron chi connectivity index (χ2n) is 5.23. The van der Waals surface area contributed by atoms with Gasteiger partial charge in [0.1, 0.15) is 24.3 Å². The minimum Gasteiger partial charge on any atom is -0.491 e. The lowest BCUT2D eigenvalue weighted by Gasteiger charge is -2.28. The number of nitrogens with one attached hydrogen (secondary N) is 2. The molecule has 3 aliphatic heterocycles. The first-order valence-corrected chi connectivity index (χ1v) is 6.69. The number of carbonyl (C=O) groups excluding carboxylic acids is 1. The zero-order valence-corrected chi connectivity index (χ0v) is 11.0. The molecule has 1 amide bonds. The molecule has 0 spiro atoms. The fourth-order valence-corrected chi connectivity index (χ4v) is 2.78. The van der Waals surface area contributed by atoms with Crippen molar-refractivity contribution in [1.82, 2.24) is 14.9 Å². The van der Waals surface area contributed by atoms with E-state index in [-0.39, 0.29) is 17.7 Å². The number of amides is 1. The maximum Gasteiger partial charge on any atom is 0.276 e. The lowest BCUT2D eigenvalue weighted by molar-refractivity contribution is -0.0825. The average Bonchev–Trinajstić information content (AvgIpc) is 2.92. The van der Waals surface area contributed by atoms with Crippen molar-refractivity contribution in [3.63, 3.8) is 0 Å². The van der Waals surface area contributed by atoms with E-state index in [4.69, 9.17) is 15.2 Å². The van der Waals surface area contributed by atoms with E-state index in [9.17, 15) is 9.90 Å². The smallest absolute Gasteiger partial charge is 0.276 e. The van der Waals surface area contributed by atoms with Crippen molar-refractivity contribution in [3.05, 3.63) is 24.4 Å². The van der Waals surface area contributed by atoms with Crippen LogP contribution in [0.3, 0.4) is 0 Å². The van der Waals surface area contributed by atoms with Gasteiger partial charge in [-0.25, -0.2) is 4.98 Å². The topological polar surface area (TPSA) is 124 Å². The number of aliphatic hydroxyl groups is 1. The van der Waals surface area contributed by atoms with Gasteiger partial charge < -0.3 is 25.2 Å². The highest BCUT2D eigenvalue weighted by molar-refractivity contribution is 5.98. The molecule has 4 rings (SSSR count). The Morgan fingerprint density at radius 3 is 3.00 bits per heavy atom. The number of carbonyl (C=O) groups is 1. The van der Waals surface area contributed by atoms with Gasteiger partial charge in [0.15, 0.2) is 12.0 Å². The lowest BCUT2D eigenvalue weighted by atomic mass is 10.1. The molecule has 1 saturated heterocycles. The van der Waals surface area contributed by atoms with Gasteiger partial charge in [-0.2, -0.15) is 0 Å². The first-order chi connectivity index (χ1) is 10.1. The Kier molecular flexibility index (Phi) is 2.67. The first kappa shape index (κ1) is 12.6. The summed E-state index contributed by atoms with van der Waals surface area (Å²) < 4.78 is 12.7. The molecule has 1 aromatic rings. The number of anilines is 1. The minimum atomic E-state index is -0.680. The van der Waals surface area contributed by atoms with E-state index in [1.807, 2.05) is 6.08 Å². The van der Waals surface area contributed by atoms with Gasteiger partial charge in [-0.1, -0.05) is 0 Å². The van der Waals surface area contributed by atoms with Crippen molar-refractivity contribution in [2.75, 3.05) is 5.32 Å². The zero-order valence-electron chi connectivity index (χ0n) is 11.0. The molecule has 9 nitrogen and oxygen atoms in total. The predicted octanol–water partition coefficient (Wildman–Crippen LogP) is -1.16. The molecule has 112 valence electrons. The minimum absolute atomic E-state index is 0.233. The number of imidazole rings is 1. The number of rotatable bonds is 2. The normalized spacial score (nSPS) is 37.2. The van der Waals surface area contributed by atoms with E-state index in [2.05, 4.69) is 15.6 Å². The molecule has 0 saturated carbocycles. The number of hydrogen-bond acceptors (Lipinski definition) is 7. The van der Waals surface area contributed by atoms with E-state index < -0.39 is 24.7 Å². The summed E-state index contributed by atoms with van der Waals surface area (Å²) in [7, 11) is 0. The van der Waals surface area contributed by atoms with Crippen LogP contribution in [0.15, 0.2) is 18.7 Å². The Balaban J connectivity index is 1.60. The molecule has 3 aliphatic rings. The van der Waals surface area contributed by atoms with Crippen LogP contribution in [0.1, 0.15) is 23.1 Å². The molecule has 0 aromatic carbocycles. The van der Waals surface area contributed by atoms with Gasteiger partial charge >= 0.3 is 0 Å². The summed E-state index contributed by atoms with van der Waals surface area (Å²) in [6, 6.07) is 0. The molecule has 0 aliphatic carbocycles. The molecular weight excluding hydrogens is 278 g/mol. The van der Waals surface area contributed by atoms with Gasteiger partial charge in [-0.15, -0.1) is 0 Å². The molecular formula is C12H15N5O4. The van der Waals surface area contributed by atoms with Crippen molar-refractivity contribution >= 4 is 11.7 Å². The molecule has 2 unspecified atom stereocenters. The fraction of sp³-hybridized carbons (Fsp3) is 0.500. The van der Waals surface area contributed by atoms with Crippen molar-refractivity contribution in [2.24, 2.45) is 5.73 Å². The van der Waals surface area contributed by atoms with E-state index >= 15 is 0 Å². The summed E-state index contributed by atoms with van der Waals surface area (Å²) in [5.74, 6) is 0.157. The Morgan fingerprint density at radius 1 is 1.48 bits per heavy atom. The summed E-state index contributed by atoms with van der Waals surface area (Å²) in [5, 5.41) is 15.6. The van der Waals surface area contributed by atoms with Gasteiger partial charge in [0.25, 0.3) is 5.91 Å². The summed E-state index contributed by atoms with van der Waals surface area (Å²) in [6.07, 6.45) is 2.89. The summed E-state index contributed by atoms with van der Waals surface area (Å²) in [6.45, 7) is 0. The molecule has 1 fully saturated rings. The second-order valence-corrected chi connectivity index (χ2v) is 5.23. The number of nitrogens with zero attached hydrogens (tertiary/aromatic N) is 2. The number of ether oxygens (including phenoxy) is 2. The second kappa shape index (κ2) is 4.45. The summed E-state index contributed by atoms with van der Waals surface area (Å²) >= 11 is 0. The van der Waals surface area contributed by atoms with Crippen LogP contribution in [0.5, 0.6) is 0 Å². The molecule has 1 aromatic heterocycles. The van der Waals surface area contributed by atoms with E-state index in [1.165, 1.54) is 6.33 Å². The number of nitrogens with two attached hydrogens (primary N) is 1. The maximum atomic E-state index is 11.8. The third-order valence-electron chi connectivity index (χ3n) is 3.86. The Hall–Kier alpha value is -2.10. The largest absolute Gasteiger partial charge is 0.491 e. The third-order valence-corrected chi connectivity index (χ3v) is 3.86. The van der Waals surface area contributed by atoms with Crippen LogP contribution in [0, 0.1) is 0 Å². The van der Waals surface area contributed by atoms with Crippen LogP contribution < -0.4 is 16.4 Å². The van der Waals surface area contributed by atoms with E-state index in [1.54, 1.807) is 10.8 Å². The van der Waals surface area contributed by atoms with Crippen LogP contribution in [-0.2, 0) is 9.47 Å². The molecule has 21 heavy (non-hydrogen) atoms. The van der Waals surface area contributed by atoms with Crippen LogP contribution >= 0.6 is 0 Å². The van der Waals surface area contributed by atoms with Crippen LogP contribution in [-0.4, -0.2) is 45.2 Å². The molecule has 9 heteroatoms. The summed E-state index contributed by atoms with van der Waals surface area (Å²) in [4.78, 5) is 15.9. The molecule has 4 heterocycles. The van der Waals surface area contributed by atoms with Crippen LogP contribution in [0.4, 0.5) is 5.82 Å². The zero-order chi connectivity index (χ0) is 14.6. The predicted molar refractivity (Wildman–Crippen MR) is 69.8 cm³/mol. The highest BCUT2D eigenvalue weighted by atomic mass is 16.6. The van der Waals surface area contributed by atoms with E-state index in [0.717, 1.165) is 0 Å². The molecule has 0 radical (unpaired) electrons. The number of fused-ring (bicyclic) bond motifs is 1. The monoisotopic (exact) mass is 293 g/mol. The maximum absolute atomic E-state index is 11.8. The number of aliphatic hydroxyl groups excluding tert-OH is 1. The van der Waals surface area contributed by atoms with Gasteiger partial charge in [0, 0.05) is 6.42 Å². The Labute approximate surface area is 119 Å². The average molecular weight is 293 g/mol. The standard InChI is InChI=1S/C12H15N5O4/c13-12-15-10-8(11(19)16-12)14-4-17(10)7-3-5(18)9(21-7)6-1-2-20-6/h1-2,4-7,9,12,15,18H,3,13H2,(H,16,19)/t5-,6?,7+,9-,12?/m0/s1. The van der Waals surface area contributed by atoms with Gasteiger partial charge in [-0.3, -0.25) is 15.1 Å². The van der Waals surface area contributed by atoms with Crippen LogP contribution in [0.25, 0.3) is 0 Å². The molecule has 5 atom stereocenters. The van der Waals surface area contributed by atoms with Crippen LogP contribution in [0.2, 0.25) is 0 Å². The fourth-order valence-electron chi connectivity index (χ4n) is 2.78. The van der Waals surface area contributed by atoms with Gasteiger partial charge in [0.05, 0.1) is 18.7 Å². The lowest BCUT2D eigenvalue weighted by Crippen LogP contribution is -2.51. The third kappa shape index (κ3) is 1.89. The van der Waals surface area contributed by atoms with Crippen molar-refractivity contribution in [2.45, 2.75) is 37.3 Å². The van der Waals surface area contributed by atoms with Gasteiger partial charge in [0.2, 0.25) is 0 Å². The SMILES string of the molecule is NC1NC(=O)c2ncn([C@H]3C[C@H](O)[C@@H](C4C=CO4)O3)c2N1. The highest BCUT2D eigenvalue weighted by Gasteiger charge is 2.43. The van der Waals surface area contributed by atoms with Gasteiger partial charge in [-0.05, 0) is 6.08 Å². The first-order valence-electron chi connectivity index (χ1n) is 6.69. The highest BCUT2D eigenvalue weighted by Crippen LogP contribution is 2.36. The molecule has 0 bridgehead atoms. The Morgan fingerprint density at radius 2 is 2.29 bits per heavy atom.